The van der Waals surface area contributed by atoms with Gasteiger partial charge in [0.2, 0.25) is 5.13 Å². The molecule has 0 saturated carbocycles. The molecule has 0 radical (unpaired) electrons. The lowest BCUT2D eigenvalue weighted by Gasteiger charge is -2.22. The highest BCUT2D eigenvalue weighted by atomic mass is 32.2. The third-order valence-corrected chi connectivity index (χ3v) is 8.79. The van der Waals surface area contributed by atoms with Gasteiger partial charge in [-0.25, -0.2) is 9.37 Å². The van der Waals surface area contributed by atoms with Crippen LogP contribution >= 0.6 is 23.1 Å². The Balaban J connectivity index is 1.47. The van der Waals surface area contributed by atoms with Crippen LogP contribution in [-0.2, 0) is 15.3 Å². The highest BCUT2D eigenvalue weighted by molar-refractivity contribution is 8.00. The molecule has 2 aromatic carbocycles. The van der Waals surface area contributed by atoms with E-state index in [1.165, 1.54) is 42.1 Å². The minimum absolute atomic E-state index is 0.0403. The normalized spacial score (nSPS) is 16.4. The van der Waals surface area contributed by atoms with Crippen molar-refractivity contribution >= 4 is 57.0 Å². The number of anilines is 1. The number of halogens is 1. The first-order chi connectivity index (χ1) is 20.2. The molecular formula is C28H19FN6O5S2. The summed E-state index contributed by atoms with van der Waals surface area (Å²) in [5.74, 6) is -2.58. The summed E-state index contributed by atoms with van der Waals surface area (Å²) in [6.07, 6.45) is 1.66. The molecule has 1 atom stereocenters. The molecule has 1 saturated heterocycles. The average Bonchev–Trinajstić information content (AvgIpc) is 3.66. The topological polar surface area (TPSA) is 144 Å². The molecule has 1 unspecified atom stereocenters. The zero-order valence-corrected chi connectivity index (χ0v) is 23.3. The number of aromatic nitrogens is 4. The van der Waals surface area contributed by atoms with Gasteiger partial charge in [-0.2, -0.15) is 0 Å². The van der Waals surface area contributed by atoms with E-state index in [1.54, 1.807) is 53.9 Å². The molecule has 6 rings (SSSR count). The molecule has 0 bridgehead atoms. The molecule has 210 valence electrons. The number of benzene rings is 2. The summed E-state index contributed by atoms with van der Waals surface area (Å²) in [6.45, 7) is 1.66. The van der Waals surface area contributed by atoms with Crippen molar-refractivity contribution in [1.82, 2.24) is 19.6 Å². The fourth-order valence-electron chi connectivity index (χ4n) is 4.79. The number of Topliss-reactive ketones (excluding diaryl/α,β-unsaturated/α-hetero) is 1. The van der Waals surface area contributed by atoms with Gasteiger partial charge in [-0.05, 0) is 36.2 Å². The van der Waals surface area contributed by atoms with Gasteiger partial charge in [-0.1, -0.05) is 59.5 Å². The lowest BCUT2D eigenvalue weighted by molar-refractivity contribution is -0.384. The zero-order chi connectivity index (χ0) is 29.5. The largest absolute Gasteiger partial charge is 0.505 e. The Labute approximate surface area is 245 Å². The Morgan fingerprint density at radius 3 is 2.69 bits per heavy atom. The van der Waals surface area contributed by atoms with Crippen LogP contribution in [0.3, 0.4) is 0 Å². The maximum Gasteiger partial charge on any atom is 0.301 e. The van der Waals surface area contributed by atoms with Crippen LogP contribution in [0.15, 0.2) is 82.8 Å². The first-order valence-electron chi connectivity index (χ1n) is 12.4. The molecule has 11 nitrogen and oxygen atoms in total. The number of carbonyl (C=O) groups is 2. The van der Waals surface area contributed by atoms with Gasteiger partial charge in [0.05, 0.1) is 22.2 Å². The number of hydrogen-bond donors (Lipinski definition) is 1. The molecule has 5 aromatic rings. The number of nitro benzene ring substituents is 1. The number of thioether (sulfide) groups is 1. The standard InChI is InChI=1S/C28H19FN6O5S2/c1-15-22(33-12-5-4-11-20(33)30-15)24(36)21-23(16-8-6-9-18(13-16)35(39)40)34(26(38)25(21)37)27-31-32-28(42-27)41-14-17-7-2-3-10-19(17)29/h2-13,23,36H,14H2,1H3. The van der Waals surface area contributed by atoms with Gasteiger partial charge in [-0.3, -0.25) is 29.0 Å². The van der Waals surface area contributed by atoms with Crippen LogP contribution in [0.1, 0.15) is 28.6 Å². The summed E-state index contributed by atoms with van der Waals surface area (Å²) in [7, 11) is 0. The van der Waals surface area contributed by atoms with Gasteiger partial charge in [0.25, 0.3) is 11.5 Å². The van der Waals surface area contributed by atoms with Crippen molar-refractivity contribution in [2.75, 3.05) is 4.90 Å². The summed E-state index contributed by atoms with van der Waals surface area (Å²) in [5.41, 5.74) is 1.26. The summed E-state index contributed by atoms with van der Waals surface area (Å²) in [5, 5.41) is 31.5. The number of pyridine rings is 1. The van der Waals surface area contributed by atoms with Gasteiger partial charge >= 0.3 is 5.91 Å². The summed E-state index contributed by atoms with van der Waals surface area (Å²) in [4.78, 5) is 43.6. The van der Waals surface area contributed by atoms with Crippen LogP contribution in [0.4, 0.5) is 15.2 Å². The minimum atomic E-state index is -1.25. The quantitative estimate of drug-likeness (QED) is 0.0488. The highest BCUT2D eigenvalue weighted by Gasteiger charge is 2.49. The van der Waals surface area contributed by atoms with E-state index in [9.17, 15) is 29.2 Å². The maximum absolute atomic E-state index is 14.1. The Morgan fingerprint density at radius 2 is 1.90 bits per heavy atom. The number of fused-ring (bicyclic) bond motifs is 1. The summed E-state index contributed by atoms with van der Waals surface area (Å²) < 4.78 is 16.1. The van der Waals surface area contributed by atoms with E-state index < -0.39 is 28.4 Å². The smallest absolute Gasteiger partial charge is 0.301 e. The monoisotopic (exact) mass is 602 g/mol. The van der Waals surface area contributed by atoms with E-state index in [0.29, 0.717) is 21.2 Å². The second-order valence-electron chi connectivity index (χ2n) is 9.23. The number of nitrogens with zero attached hydrogens (tertiary/aromatic N) is 6. The second kappa shape index (κ2) is 10.8. The van der Waals surface area contributed by atoms with E-state index in [-0.39, 0.29) is 39.2 Å². The number of imidazole rings is 1. The third kappa shape index (κ3) is 4.69. The molecule has 1 aliphatic heterocycles. The lowest BCUT2D eigenvalue weighted by atomic mass is 9.96. The van der Waals surface area contributed by atoms with E-state index in [1.807, 2.05) is 0 Å². The van der Waals surface area contributed by atoms with E-state index in [0.717, 1.165) is 16.2 Å². The molecular weight excluding hydrogens is 583 g/mol. The second-order valence-corrected chi connectivity index (χ2v) is 11.4. The predicted molar refractivity (Wildman–Crippen MR) is 154 cm³/mol. The fourth-order valence-corrected chi connectivity index (χ4v) is 6.65. The molecule has 4 heterocycles. The van der Waals surface area contributed by atoms with Crippen LogP contribution in [0.2, 0.25) is 0 Å². The number of aliphatic hydroxyl groups is 1. The van der Waals surface area contributed by atoms with Crippen molar-refractivity contribution in [3.8, 4) is 0 Å². The van der Waals surface area contributed by atoms with Gasteiger partial charge in [0.1, 0.15) is 17.2 Å². The molecule has 3 aromatic heterocycles. The number of ketones is 1. The first-order valence-corrected chi connectivity index (χ1v) is 14.2. The van der Waals surface area contributed by atoms with E-state index in [4.69, 9.17) is 0 Å². The Bertz CT molecular complexity index is 1940. The number of aliphatic hydroxyl groups excluding tert-OH is 1. The minimum Gasteiger partial charge on any atom is -0.505 e. The van der Waals surface area contributed by atoms with E-state index >= 15 is 0 Å². The predicted octanol–water partition coefficient (Wildman–Crippen LogP) is 5.46. The zero-order valence-electron chi connectivity index (χ0n) is 21.7. The lowest BCUT2D eigenvalue weighted by Crippen LogP contribution is -2.29. The summed E-state index contributed by atoms with van der Waals surface area (Å²) in [6, 6.07) is 15.8. The number of nitro groups is 1. The van der Waals surface area contributed by atoms with Gasteiger partial charge in [0, 0.05) is 24.1 Å². The Hall–Kier alpha value is -4.95. The SMILES string of the molecule is Cc1nc2ccccn2c1C(O)=C1C(=O)C(=O)N(c2nnc(SCc3ccccc3F)s2)C1c1cccc([N+](=O)[O-])c1. The van der Waals surface area contributed by atoms with Crippen molar-refractivity contribution < 1.29 is 24.0 Å². The van der Waals surface area contributed by atoms with Gasteiger partial charge < -0.3 is 5.11 Å². The van der Waals surface area contributed by atoms with Crippen molar-refractivity contribution in [3.05, 3.63) is 117 Å². The van der Waals surface area contributed by atoms with E-state index in [2.05, 4.69) is 15.2 Å². The van der Waals surface area contributed by atoms with Crippen molar-refractivity contribution in [1.29, 1.82) is 0 Å². The van der Waals surface area contributed by atoms with Crippen LogP contribution in [-0.4, -0.2) is 41.3 Å². The molecule has 14 heteroatoms. The number of hydrogen-bond acceptors (Lipinski definition) is 10. The molecule has 1 N–H and O–H groups in total. The molecule has 1 aliphatic rings. The highest BCUT2D eigenvalue weighted by Crippen LogP contribution is 2.45. The molecule has 42 heavy (non-hydrogen) atoms. The van der Waals surface area contributed by atoms with Crippen LogP contribution in [0.5, 0.6) is 0 Å². The maximum atomic E-state index is 14.1. The Morgan fingerprint density at radius 1 is 1.12 bits per heavy atom. The number of aryl methyl sites for hydroxylation is 1. The Kier molecular flexibility index (Phi) is 7.00. The number of rotatable bonds is 7. The van der Waals surface area contributed by atoms with Crippen LogP contribution in [0.25, 0.3) is 11.4 Å². The number of carbonyl (C=O) groups excluding carboxylic acids is 2. The van der Waals surface area contributed by atoms with Gasteiger partial charge in [-0.15, -0.1) is 10.2 Å². The van der Waals surface area contributed by atoms with Crippen LogP contribution in [0, 0.1) is 22.9 Å². The average molecular weight is 603 g/mol. The third-order valence-electron chi connectivity index (χ3n) is 6.68. The molecule has 1 amide bonds. The summed E-state index contributed by atoms with van der Waals surface area (Å²) >= 11 is 2.20. The molecule has 0 aliphatic carbocycles. The molecule has 1 fully saturated rings. The van der Waals surface area contributed by atoms with Crippen LogP contribution < -0.4 is 4.90 Å². The first kappa shape index (κ1) is 27.2. The number of amides is 1. The number of non-ortho nitro benzene ring substituents is 1. The van der Waals surface area contributed by atoms with Crippen molar-refractivity contribution in [3.63, 3.8) is 0 Å². The van der Waals surface area contributed by atoms with Crippen molar-refractivity contribution in [2.45, 2.75) is 23.1 Å². The van der Waals surface area contributed by atoms with Crippen molar-refractivity contribution in [2.24, 2.45) is 0 Å². The molecule has 0 spiro atoms. The van der Waals surface area contributed by atoms with Gasteiger partial charge in [0.15, 0.2) is 10.1 Å². The fraction of sp³-hybridized carbons (Fsp3) is 0.107.